The van der Waals surface area contributed by atoms with E-state index in [0.29, 0.717) is 0 Å². The fourth-order valence-corrected chi connectivity index (χ4v) is 1.28. The van der Waals surface area contributed by atoms with Crippen molar-refractivity contribution in [2.45, 2.75) is 0 Å². The largest absolute Gasteiger partial charge is 0.383 e. The molecule has 0 bridgehead atoms. The highest BCUT2D eigenvalue weighted by Crippen LogP contribution is 1.86. The van der Waals surface area contributed by atoms with E-state index in [9.17, 15) is 0 Å². The van der Waals surface area contributed by atoms with E-state index in [2.05, 4.69) is 22.3 Å². The van der Waals surface area contributed by atoms with Gasteiger partial charge in [0.25, 0.3) is 0 Å². The molecule has 0 aromatic heterocycles. The van der Waals surface area contributed by atoms with Crippen molar-refractivity contribution < 1.29 is 0 Å². The zero-order valence-electron chi connectivity index (χ0n) is 7.12. The van der Waals surface area contributed by atoms with Crippen LogP contribution in [0.5, 0.6) is 0 Å². The molecule has 1 saturated heterocycles. The number of nitrogens with two attached hydrogens (primary N) is 1. The van der Waals surface area contributed by atoms with Crippen LogP contribution < -0.4 is 26.7 Å². The molecule has 1 fully saturated rings. The zero-order valence-corrected chi connectivity index (χ0v) is 7.12. The van der Waals surface area contributed by atoms with Crippen molar-refractivity contribution in [1.29, 1.82) is 0 Å². The lowest BCUT2D eigenvalue weighted by atomic mass is 9.62. The summed E-state index contributed by atoms with van der Waals surface area (Å²) in [5, 5.41) is 8.93. The maximum absolute atomic E-state index is 5.64. The molecule has 0 aliphatic carbocycles. The summed E-state index contributed by atoms with van der Waals surface area (Å²) < 4.78 is 0. The topological polar surface area (TPSA) is 62.1 Å². The van der Waals surface area contributed by atoms with Gasteiger partial charge in [-0.1, -0.05) is 30.3 Å². The van der Waals surface area contributed by atoms with Gasteiger partial charge in [0, 0.05) is 0 Å². The van der Waals surface area contributed by atoms with Crippen LogP contribution in [-0.2, 0) is 0 Å². The van der Waals surface area contributed by atoms with Crippen LogP contribution in [0.4, 0.5) is 0 Å². The summed E-state index contributed by atoms with van der Waals surface area (Å²) in [6.45, 7) is 2.83. The average molecular weight is 172 g/mol. The number of benzene rings is 1. The zero-order chi connectivity index (χ0) is 9.10. The third kappa shape index (κ3) is 2.10. The first-order valence-electron chi connectivity index (χ1n) is 4.19. The van der Waals surface area contributed by atoms with Crippen LogP contribution in [0.3, 0.4) is 0 Å². The van der Waals surface area contributed by atoms with Gasteiger partial charge in [-0.3, -0.25) is 0 Å². The van der Waals surface area contributed by atoms with Gasteiger partial charge in [-0.15, -0.1) is 0 Å². The summed E-state index contributed by atoms with van der Waals surface area (Å²) in [6.07, 6.45) is 0. The summed E-state index contributed by atoms with van der Waals surface area (Å²) in [5.74, 6) is 0. The Kier molecular flexibility index (Phi) is 2.65. The highest BCUT2D eigenvalue weighted by Gasteiger charge is 2.26. The van der Waals surface area contributed by atoms with Crippen molar-refractivity contribution in [2.24, 2.45) is 5.64 Å². The maximum Gasteiger partial charge on any atom is 0.383 e. The molecule has 1 aromatic rings. The Morgan fingerprint density at radius 3 is 2.62 bits per heavy atom. The molecule has 0 spiro atoms. The van der Waals surface area contributed by atoms with Gasteiger partial charge < -0.3 is 21.2 Å². The molecule has 0 unspecified atom stereocenters. The number of hydrogen-bond donors (Lipinski definition) is 4. The van der Waals surface area contributed by atoms with Crippen molar-refractivity contribution in [2.75, 3.05) is 0 Å². The molecule has 1 heterocycles. The van der Waals surface area contributed by atoms with Crippen LogP contribution in [0.1, 0.15) is 0 Å². The van der Waals surface area contributed by atoms with Gasteiger partial charge in [-0.2, -0.15) is 0 Å². The lowest BCUT2D eigenvalue weighted by molar-refractivity contribution is 0.930. The van der Waals surface area contributed by atoms with Crippen molar-refractivity contribution in [3.63, 3.8) is 0 Å². The van der Waals surface area contributed by atoms with E-state index < -0.39 is 0 Å². The molecule has 0 saturated carbocycles. The van der Waals surface area contributed by atoms with E-state index in [4.69, 9.17) is 5.64 Å². The molecular formula is C7H10B2N4. The Labute approximate surface area is 78.5 Å². The van der Waals surface area contributed by atoms with E-state index in [1.54, 1.807) is 0 Å². The molecule has 6 heteroatoms. The van der Waals surface area contributed by atoms with Gasteiger partial charge in [0.2, 0.25) is 0 Å². The molecule has 0 amide bonds. The highest BCUT2D eigenvalue weighted by molar-refractivity contribution is 6.79. The standard InChI is InChI=1S/C7H10B2N4/c10-9-12-6-11-8(13-9)7-4-2-1-3-5-7/h1-5,11-13H,10H2. The molecule has 13 heavy (non-hydrogen) atoms. The normalized spacial score (nSPS) is 17.6. The van der Waals surface area contributed by atoms with Crippen molar-refractivity contribution in [3.05, 3.63) is 37.0 Å². The molecule has 2 radical (unpaired) electrons. The molecule has 5 N–H and O–H groups in total. The Morgan fingerprint density at radius 2 is 1.92 bits per heavy atom. The van der Waals surface area contributed by atoms with Crippen LogP contribution >= 0.6 is 0 Å². The van der Waals surface area contributed by atoms with Gasteiger partial charge in [0.05, 0.1) is 0 Å². The predicted molar refractivity (Wildman–Crippen MR) is 54.4 cm³/mol. The summed E-state index contributed by atoms with van der Waals surface area (Å²) >= 11 is 0. The van der Waals surface area contributed by atoms with Crippen LogP contribution in [0.15, 0.2) is 30.3 Å². The maximum atomic E-state index is 5.64. The lowest BCUT2D eigenvalue weighted by Crippen LogP contribution is -2.73. The molecule has 1 aromatic carbocycles. The quantitative estimate of drug-likeness (QED) is 0.373. The summed E-state index contributed by atoms with van der Waals surface area (Å²) in [5.41, 5.74) is 6.78. The van der Waals surface area contributed by atoms with Gasteiger partial charge in [-0.05, 0) is 5.46 Å². The fraction of sp³-hybridized carbons (Fsp3) is 0. The summed E-state index contributed by atoms with van der Waals surface area (Å²) in [6, 6.07) is 10.0. The second-order valence-corrected chi connectivity index (χ2v) is 2.90. The predicted octanol–water partition coefficient (Wildman–Crippen LogP) is -1.90. The van der Waals surface area contributed by atoms with Crippen LogP contribution in [0.25, 0.3) is 0 Å². The van der Waals surface area contributed by atoms with Crippen LogP contribution in [0, 0.1) is 6.67 Å². The lowest BCUT2D eigenvalue weighted by Gasteiger charge is -2.24. The Bertz CT molecular complexity index is 268. The smallest absolute Gasteiger partial charge is 0.351 e. The SMILES string of the molecule is NB1N[C]NB(c2ccccc2)N1. The van der Waals surface area contributed by atoms with E-state index in [-0.39, 0.29) is 14.1 Å². The molecular weight excluding hydrogens is 162 g/mol. The van der Waals surface area contributed by atoms with Gasteiger partial charge >= 0.3 is 14.1 Å². The fourth-order valence-electron chi connectivity index (χ4n) is 1.28. The van der Waals surface area contributed by atoms with Crippen LogP contribution in [-0.4, -0.2) is 14.1 Å². The second-order valence-electron chi connectivity index (χ2n) is 2.90. The summed E-state index contributed by atoms with van der Waals surface area (Å²) in [7, 11) is -0.244. The molecule has 2 rings (SSSR count). The minimum absolute atomic E-state index is 0.0393. The molecule has 1 aliphatic rings. The number of rotatable bonds is 1. The number of nitrogens with one attached hydrogen (secondary N) is 3. The molecule has 1 aliphatic heterocycles. The number of hydrogen-bond acceptors (Lipinski definition) is 4. The highest BCUT2D eigenvalue weighted by atomic mass is 15.2. The third-order valence-electron chi connectivity index (χ3n) is 1.92. The molecule has 0 atom stereocenters. The van der Waals surface area contributed by atoms with E-state index in [1.165, 1.54) is 0 Å². The summed E-state index contributed by atoms with van der Waals surface area (Å²) in [4.78, 5) is 0. The Hall–Kier alpha value is -0.810. The monoisotopic (exact) mass is 172 g/mol. The van der Waals surface area contributed by atoms with Crippen LogP contribution in [0.2, 0.25) is 0 Å². The second kappa shape index (κ2) is 3.93. The van der Waals surface area contributed by atoms with E-state index >= 15 is 0 Å². The third-order valence-corrected chi connectivity index (χ3v) is 1.92. The Balaban J connectivity index is 2.08. The van der Waals surface area contributed by atoms with Crippen molar-refractivity contribution >= 4 is 19.6 Å². The van der Waals surface area contributed by atoms with Crippen molar-refractivity contribution in [1.82, 2.24) is 15.6 Å². The minimum Gasteiger partial charge on any atom is -0.351 e. The molecule has 4 nitrogen and oxygen atoms in total. The molecule has 64 valence electrons. The van der Waals surface area contributed by atoms with Crippen molar-refractivity contribution in [3.8, 4) is 0 Å². The Morgan fingerprint density at radius 1 is 1.15 bits per heavy atom. The average Bonchev–Trinajstić information content (AvgIpc) is 2.19. The van der Waals surface area contributed by atoms with E-state index in [0.717, 1.165) is 5.46 Å². The first-order valence-corrected chi connectivity index (χ1v) is 4.19. The van der Waals surface area contributed by atoms with Gasteiger partial charge in [0.1, 0.15) is 6.67 Å². The van der Waals surface area contributed by atoms with E-state index in [1.807, 2.05) is 30.3 Å². The first-order chi connectivity index (χ1) is 6.36. The van der Waals surface area contributed by atoms with Gasteiger partial charge in [-0.25, -0.2) is 0 Å². The first kappa shape index (κ1) is 8.77. The minimum atomic E-state index is -0.244. The van der Waals surface area contributed by atoms with Gasteiger partial charge in [0.15, 0.2) is 0 Å².